The van der Waals surface area contributed by atoms with E-state index in [0.29, 0.717) is 30.9 Å². The first-order valence-corrected chi connectivity index (χ1v) is 9.00. The summed E-state index contributed by atoms with van der Waals surface area (Å²) in [4.78, 5) is 25.6. The summed E-state index contributed by atoms with van der Waals surface area (Å²) in [5.74, 6) is 0.651. The molecule has 1 aliphatic rings. The lowest BCUT2D eigenvalue weighted by Crippen LogP contribution is -2.43. The van der Waals surface area contributed by atoms with Crippen LogP contribution in [0.25, 0.3) is 0 Å². The molecule has 6 heteroatoms. The molecule has 0 saturated carbocycles. The number of morpholine rings is 1. The number of hydrogen-bond acceptors (Lipinski definition) is 5. The van der Waals surface area contributed by atoms with Crippen LogP contribution in [0.5, 0.6) is 5.75 Å². The number of rotatable bonds is 7. The number of nitrogens with zero attached hydrogens (tertiary/aromatic N) is 1. The molecule has 27 heavy (non-hydrogen) atoms. The highest BCUT2D eigenvalue weighted by molar-refractivity contribution is 5.94. The van der Waals surface area contributed by atoms with E-state index in [1.807, 2.05) is 24.3 Å². The van der Waals surface area contributed by atoms with E-state index < -0.39 is 0 Å². The quantitative estimate of drug-likeness (QED) is 0.760. The highest BCUT2D eigenvalue weighted by Crippen LogP contribution is 2.23. The van der Waals surface area contributed by atoms with Crippen LogP contribution in [-0.4, -0.2) is 57.1 Å². The third kappa shape index (κ3) is 4.93. The van der Waals surface area contributed by atoms with Gasteiger partial charge in [0.2, 0.25) is 0 Å². The maximum Gasteiger partial charge on any atom is 0.251 e. The normalized spacial score (nSPS) is 15.7. The molecule has 1 N–H and O–H groups in total. The monoisotopic (exact) mass is 368 g/mol. The topological polar surface area (TPSA) is 67.9 Å². The number of nitrogens with one attached hydrogen (secondary N) is 1. The SMILES string of the molecule is COc1ccc(C(CNC(=O)c2ccc(C=O)cc2)N2CCOCC2)cc1. The zero-order valence-electron chi connectivity index (χ0n) is 15.4. The standard InChI is InChI=1S/C21H24N2O4/c1-26-19-8-6-17(7-9-19)20(23-10-12-27-13-11-23)14-22-21(25)18-4-2-16(15-24)3-5-18/h2-9,15,20H,10-14H2,1H3,(H,22,25). The van der Waals surface area contributed by atoms with Gasteiger partial charge in [-0.3, -0.25) is 14.5 Å². The van der Waals surface area contributed by atoms with Gasteiger partial charge < -0.3 is 14.8 Å². The second-order valence-corrected chi connectivity index (χ2v) is 6.39. The molecule has 1 fully saturated rings. The van der Waals surface area contributed by atoms with Gasteiger partial charge in [0.05, 0.1) is 26.4 Å². The van der Waals surface area contributed by atoms with Crippen molar-refractivity contribution in [2.45, 2.75) is 6.04 Å². The van der Waals surface area contributed by atoms with Gasteiger partial charge >= 0.3 is 0 Å². The zero-order chi connectivity index (χ0) is 19.1. The van der Waals surface area contributed by atoms with Crippen LogP contribution >= 0.6 is 0 Å². The van der Waals surface area contributed by atoms with Crippen molar-refractivity contribution in [2.75, 3.05) is 40.0 Å². The summed E-state index contributed by atoms with van der Waals surface area (Å²) in [6, 6.07) is 14.6. The molecule has 142 valence electrons. The highest BCUT2D eigenvalue weighted by Gasteiger charge is 2.23. The summed E-state index contributed by atoms with van der Waals surface area (Å²) in [5, 5.41) is 3.02. The number of carbonyl (C=O) groups excluding carboxylic acids is 2. The predicted octanol–water partition coefficient (Wildman–Crippen LogP) is 2.31. The van der Waals surface area contributed by atoms with E-state index in [1.54, 1.807) is 31.4 Å². The van der Waals surface area contributed by atoms with E-state index in [2.05, 4.69) is 10.2 Å². The zero-order valence-corrected chi connectivity index (χ0v) is 15.4. The van der Waals surface area contributed by atoms with Crippen LogP contribution in [0.1, 0.15) is 32.3 Å². The van der Waals surface area contributed by atoms with Crippen molar-refractivity contribution in [2.24, 2.45) is 0 Å². The van der Waals surface area contributed by atoms with Crippen molar-refractivity contribution >= 4 is 12.2 Å². The molecule has 0 aromatic heterocycles. The molecular weight excluding hydrogens is 344 g/mol. The average molecular weight is 368 g/mol. The summed E-state index contributed by atoms with van der Waals surface area (Å²) in [5.41, 5.74) is 2.21. The van der Waals surface area contributed by atoms with Crippen LogP contribution < -0.4 is 10.1 Å². The lowest BCUT2D eigenvalue weighted by Gasteiger charge is -2.35. The molecule has 0 aliphatic carbocycles. The Morgan fingerprint density at radius 1 is 1.15 bits per heavy atom. The summed E-state index contributed by atoms with van der Waals surface area (Å²) in [7, 11) is 1.64. The maximum atomic E-state index is 12.5. The molecule has 1 saturated heterocycles. The Kier molecular flexibility index (Phi) is 6.57. The van der Waals surface area contributed by atoms with Crippen LogP contribution in [0, 0.1) is 0 Å². The van der Waals surface area contributed by atoms with Crippen LogP contribution in [0.4, 0.5) is 0 Å². The Balaban J connectivity index is 1.71. The Morgan fingerprint density at radius 2 is 1.81 bits per heavy atom. The van der Waals surface area contributed by atoms with Gasteiger partial charge in [-0.15, -0.1) is 0 Å². The number of benzene rings is 2. The summed E-state index contributed by atoms with van der Waals surface area (Å²) < 4.78 is 10.7. The van der Waals surface area contributed by atoms with Crippen LogP contribution in [0.3, 0.4) is 0 Å². The smallest absolute Gasteiger partial charge is 0.251 e. The Morgan fingerprint density at radius 3 is 2.41 bits per heavy atom. The summed E-state index contributed by atoms with van der Waals surface area (Å²) in [6.45, 7) is 3.50. The molecule has 0 bridgehead atoms. The van der Waals surface area contributed by atoms with Crippen molar-refractivity contribution in [3.8, 4) is 5.75 Å². The van der Waals surface area contributed by atoms with Crippen molar-refractivity contribution in [1.82, 2.24) is 10.2 Å². The van der Waals surface area contributed by atoms with Gasteiger partial charge in [0.15, 0.2) is 0 Å². The minimum absolute atomic E-state index is 0.0537. The van der Waals surface area contributed by atoms with Gasteiger partial charge in [0.25, 0.3) is 5.91 Å². The molecule has 1 aliphatic heterocycles. The molecule has 2 aromatic carbocycles. The number of hydrogen-bond donors (Lipinski definition) is 1. The Hall–Kier alpha value is -2.70. The van der Waals surface area contributed by atoms with E-state index in [4.69, 9.17) is 9.47 Å². The highest BCUT2D eigenvalue weighted by atomic mass is 16.5. The summed E-state index contributed by atoms with van der Waals surface area (Å²) >= 11 is 0. The van der Waals surface area contributed by atoms with Crippen LogP contribution in [-0.2, 0) is 4.74 Å². The predicted molar refractivity (Wildman–Crippen MR) is 102 cm³/mol. The van der Waals surface area contributed by atoms with E-state index in [1.165, 1.54) is 0 Å². The molecule has 1 heterocycles. The number of ether oxygens (including phenoxy) is 2. The number of methoxy groups -OCH3 is 1. The van der Waals surface area contributed by atoms with Gasteiger partial charge in [-0.25, -0.2) is 0 Å². The van der Waals surface area contributed by atoms with Gasteiger partial charge in [-0.1, -0.05) is 24.3 Å². The molecule has 3 rings (SSSR count). The second-order valence-electron chi connectivity index (χ2n) is 6.39. The van der Waals surface area contributed by atoms with Crippen LogP contribution in [0.2, 0.25) is 0 Å². The molecule has 0 radical (unpaired) electrons. The molecule has 1 unspecified atom stereocenters. The van der Waals surface area contributed by atoms with Gasteiger partial charge in [0, 0.05) is 30.8 Å². The first kappa shape index (κ1) is 19.1. The van der Waals surface area contributed by atoms with E-state index in [-0.39, 0.29) is 11.9 Å². The summed E-state index contributed by atoms with van der Waals surface area (Å²) in [6.07, 6.45) is 0.764. The second kappa shape index (κ2) is 9.30. The van der Waals surface area contributed by atoms with Crippen molar-refractivity contribution in [3.05, 3.63) is 65.2 Å². The number of aldehydes is 1. The van der Waals surface area contributed by atoms with E-state index in [9.17, 15) is 9.59 Å². The molecule has 1 atom stereocenters. The van der Waals surface area contributed by atoms with E-state index in [0.717, 1.165) is 30.7 Å². The van der Waals surface area contributed by atoms with Gasteiger partial charge in [0.1, 0.15) is 12.0 Å². The minimum Gasteiger partial charge on any atom is -0.497 e. The Bertz CT molecular complexity index is 753. The minimum atomic E-state index is -0.153. The molecular formula is C21H24N2O4. The van der Waals surface area contributed by atoms with Crippen molar-refractivity contribution in [1.29, 1.82) is 0 Å². The fourth-order valence-corrected chi connectivity index (χ4v) is 3.18. The van der Waals surface area contributed by atoms with Gasteiger partial charge in [-0.2, -0.15) is 0 Å². The van der Waals surface area contributed by atoms with Crippen molar-refractivity contribution < 1.29 is 19.1 Å². The third-order valence-electron chi connectivity index (χ3n) is 4.75. The first-order valence-electron chi connectivity index (χ1n) is 9.00. The molecule has 1 amide bonds. The lowest BCUT2D eigenvalue weighted by atomic mass is 10.0. The number of amides is 1. The van der Waals surface area contributed by atoms with E-state index >= 15 is 0 Å². The number of carbonyl (C=O) groups is 2. The first-order chi connectivity index (χ1) is 13.2. The molecule has 6 nitrogen and oxygen atoms in total. The Labute approximate surface area is 159 Å². The fourth-order valence-electron chi connectivity index (χ4n) is 3.18. The third-order valence-corrected chi connectivity index (χ3v) is 4.75. The molecule has 2 aromatic rings. The fraction of sp³-hybridized carbons (Fsp3) is 0.333. The van der Waals surface area contributed by atoms with Crippen LogP contribution in [0.15, 0.2) is 48.5 Å². The molecule has 0 spiro atoms. The van der Waals surface area contributed by atoms with Gasteiger partial charge in [-0.05, 0) is 29.8 Å². The average Bonchev–Trinajstić information content (AvgIpc) is 2.75. The van der Waals surface area contributed by atoms with Crippen molar-refractivity contribution in [3.63, 3.8) is 0 Å². The largest absolute Gasteiger partial charge is 0.497 e. The maximum absolute atomic E-state index is 12.5. The lowest BCUT2D eigenvalue weighted by molar-refractivity contribution is 0.0162.